The second kappa shape index (κ2) is 3.45. The summed E-state index contributed by atoms with van der Waals surface area (Å²) in [7, 11) is 0. The molecule has 0 spiro atoms. The van der Waals surface area contributed by atoms with Gasteiger partial charge in [0.05, 0.1) is 0 Å². The van der Waals surface area contributed by atoms with Gasteiger partial charge >= 0.3 is 0 Å². The maximum Gasteiger partial charge on any atom is 0.217 e. The van der Waals surface area contributed by atoms with Gasteiger partial charge < -0.3 is 5.32 Å². The highest BCUT2D eigenvalue weighted by atomic mass is 16.1. The highest BCUT2D eigenvalue weighted by Crippen LogP contribution is 2.32. The summed E-state index contributed by atoms with van der Waals surface area (Å²) in [5.74, 6) is 0.504. The molecule has 1 unspecified atom stereocenters. The summed E-state index contributed by atoms with van der Waals surface area (Å²) < 4.78 is 0. The molecule has 2 atom stereocenters. The van der Waals surface area contributed by atoms with Crippen LogP contribution in [0.3, 0.4) is 0 Å². The Labute approximate surface area is 84.3 Å². The molecule has 1 aromatic carbocycles. The Morgan fingerprint density at radius 2 is 2.14 bits per heavy atom. The molecule has 14 heavy (non-hydrogen) atoms. The van der Waals surface area contributed by atoms with Crippen LogP contribution in [0.1, 0.15) is 30.9 Å². The van der Waals surface area contributed by atoms with Gasteiger partial charge in [0, 0.05) is 18.9 Å². The first-order valence-corrected chi connectivity index (χ1v) is 5.03. The van der Waals surface area contributed by atoms with Crippen molar-refractivity contribution in [1.82, 2.24) is 5.32 Å². The fraction of sp³-hybridized carbons (Fsp3) is 0.417. The highest BCUT2D eigenvalue weighted by molar-refractivity contribution is 5.73. The summed E-state index contributed by atoms with van der Waals surface area (Å²) in [6, 6.07) is 8.70. The lowest BCUT2D eigenvalue weighted by Crippen LogP contribution is -2.35. The Morgan fingerprint density at radius 1 is 1.43 bits per heavy atom. The SMILES string of the molecule is CC(=O)N[C@@H]1Cc2ccccc2C1C. The molecule has 1 aliphatic carbocycles. The minimum atomic E-state index is 0.0645. The molecular formula is C12H15NO. The summed E-state index contributed by atoms with van der Waals surface area (Å²) >= 11 is 0. The van der Waals surface area contributed by atoms with E-state index in [1.54, 1.807) is 6.92 Å². The van der Waals surface area contributed by atoms with Crippen LogP contribution in [0.5, 0.6) is 0 Å². The predicted molar refractivity (Wildman–Crippen MR) is 56.2 cm³/mol. The maximum atomic E-state index is 11.0. The molecule has 0 heterocycles. The van der Waals surface area contributed by atoms with Gasteiger partial charge in [-0.05, 0) is 17.5 Å². The van der Waals surface area contributed by atoms with Crippen molar-refractivity contribution < 1.29 is 4.79 Å². The van der Waals surface area contributed by atoms with Crippen molar-refractivity contribution >= 4 is 5.91 Å². The number of hydrogen-bond donors (Lipinski definition) is 1. The van der Waals surface area contributed by atoms with E-state index in [0.29, 0.717) is 5.92 Å². The Bertz CT molecular complexity index is 359. The number of hydrogen-bond acceptors (Lipinski definition) is 1. The Morgan fingerprint density at radius 3 is 2.79 bits per heavy atom. The fourth-order valence-corrected chi connectivity index (χ4v) is 2.23. The summed E-state index contributed by atoms with van der Waals surface area (Å²) in [4.78, 5) is 11.0. The number of amides is 1. The normalized spacial score (nSPS) is 24.4. The minimum absolute atomic E-state index is 0.0645. The molecule has 1 aliphatic rings. The first-order chi connectivity index (χ1) is 6.68. The molecule has 2 rings (SSSR count). The van der Waals surface area contributed by atoms with Gasteiger partial charge in [0.2, 0.25) is 5.91 Å². The van der Waals surface area contributed by atoms with E-state index < -0.39 is 0 Å². The van der Waals surface area contributed by atoms with E-state index >= 15 is 0 Å². The summed E-state index contributed by atoms with van der Waals surface area (Å²) in [6.45, 7) is 3.75. The Kier molecular flexibility index (Phi) is 2.28. The van der Waals surface area contributed by atoms with Crippen molar-refractivity contribution in [3.8, 4) is 0 Å². The van der Waals surface area contributed by atoms with E-state index in [4.69, 9.17) is 0 Å². The lowest BCUT2D eigenvalue weighted by Gasteiger charge is -2.16. The van der Waals surface area contributed by atoms with Gasteiger partial charge in [-0.25, -0.2) is 0 Å². The molecule has 0 aromatic heterocycles. The van der Waals surface area contributed by atoms with Crippen LogP contribution in [0.15, 0.2) is 24.3 Å². The molecule has 2 nitrogen and oxygen atoms in total. The number of benzene rings is 1. The third kappa shape index (κ3) is 1.52. The van der Waals surface area contributed by atoms with Crippen molar-refractivity contribution in [2.45, 2.75) is 32.2 Å². The first kappa shape index (κ1) is 9.25. The van der Waals surface area contributed by atoms with E-state index in [1.165, 1.54) is 11.1 Å². The number of carbonyl (C=O) groups is 1. The molecule has 0 saturated heterocycles. The number of nitrogens with one attached hydrogen (secondary N) is 1. The molecular weight excluding hydrogens is 174 g/mol. The Hall–Kier alpha value is -1.31. The van der Waals surface area contributed by atoms with Gasteiger partial charge in [-0.1, -0.05) is 31.2 Å². The second-order valence-corrected chi connectivity index (χ2v) is 4.00. The van der Waals surface area contributed by atoms with Crippen LogP contribution >= 0.6 is 0 Å². The van der Waals surface area contributed by atoms with E-state index in [1.807, 2.05) is 0 Å². The van der Waals surface area contributed by atoms with Crippen LogP contribution in [0.2, 0.25) is 0 Å². The van der Waals surface area contributed by atoms with Crippen LogP contribution in [0.4, 0.5) is 0 Å². The fourth-order valence-electron chi connectivity index (χ4n) is 2.23. The summed E-state index contributed by atoms with van der Waals surface area (Å²) in [5, 5.41) is 3.00. The smallest absolute Gasteiger partial charge is 0.217 e. The molecule has 1 aromatic rings. The van der Waals surface area contributed by atoms with Crippen molar-refractivity contribution in [1.29, 1.82) is 0 Å². The van der Waals surface area contributed by atoms with Crippen LogP contribution in [0.25, 0.3) is 0 Å². The number of rotatable bonds is 1. The predicted octanol–water partition coefficient (Wildman–Crippen LogP) is 1.85. The van der Waals surface area contributed by atoms with Crippen LogP contribution in [0, 0.1) is 0 Å². The zero-order valence-electron chi connectivity index (χ0n) is 8.58. The summed E-state index contributed by atoms with van der Waals surface area (Å²) in [6.07, 6.45) is 0.969. The molecule has 0 fully saturated rings. The number of carbonyl (C=O) groups excluding carboxylic acids is 1. The number of fused-ring (bicyclic) bond motifs is 1. The van der Waals surface area contributed by atoms with Crippen LogP contribution in [-0.4, -0.2) is 11.9 Å². The molecule has 1 N–H and O–H groups in total. The van der Waals surface area contributed by atoms with Gasteiger partial charge in [-0.15, -0.1) is 0 Å². The highest BCUT2D eigenvalue weighted by Gasteiger charge is 2.28. The maximum absolute atomic E-state index is 11.0. The standard InChI is InChI=1S/C12H15NO/c1-8-11-6-4-3-5-10(11)7-12(8)13-9(2)14/h3-6,8,12H,7H2,1-2H3,(H,13,14)/t8?,12-/m1/s1. The van der Waals surface area contributed by atoms with E-state index in [2.05, 4.69) is 36.5 Å². The van der Waals surface area contributed by atoms with Crippen molar-refractivity contribution in [3.05, 3.63) is 35.4 Å². The minimum Gasteiger partial charge on any atom is -0.353 e. The molecule has 0 aliphatic heterocycles. The average Bonchev–Trinajstić information content (AvgIpc) is 2.44. The zero-order valence-corrected chi connectivity index (χ0v) is 8.58. The monoisotopic (exact) mass is 189 g/mol. The topological polar surface area (TPSA) is 29.1 Å². The third-order valence-corrected chi connectivity index (χ3v) is 2.98. The van der Waals surface area contributed by atoms with Crippen molar-refractivity contribution in [2.75, 3.05) is 0 Å². The molecule has 74 valence electrons. The van der Waals surface area contributed by atoms with Crippen LogP contribution < -0.4 is 5.32 Å². The van der Waals surface area contributed by atoms with E-state index in [0.717, 1.165) is 6.42 Å². The van der Waals surface area contributed by atoms with E-state index in [-0.39, 0.29) is 11.9 Å². The largest absolute Gasteiger partial charge is 0.353 e. The van der Waals surface area contributed by atoms with Gasteiger partial charge in [-0.2, -0.15) is 0 Å². The van der Waals surface area contributed by atoms with Crippen molar-refractivity contribution in [2.24, 2.45) is 0 Å². The van der Waals surface area contributed by atoms with Crippen molar-refractivity contribution in [3.63, 3.8) is 0 Å². The second-order valence-electron chi connectivity index (χ2n) is 4.00. The molecule has 2 heteroatoms. The molecule has 0 saturated carbocycles. The van der Waals surface area contributed by atoms with Gasteiger partial charge in [0.15, 0.2) is 0 Å². The zero-order chi connectivity index (χ0) is 10.1. The van der Waals surface area contributed by atoms with Gasteiger partial charge in [0.25, 0.3) is 0 Å². The van der Waals surface area contributed by atoms with E-state index in [9.17, 15) is 4.79 Å². The molecule has 1 amide bonds. The third-order valence-electron chi connectivity index (χ3n) is 2.98. The molecule has 0 radical (unpaired) electrons. The quantitative estimate of drug-likeness (QED) is 0.717. The van der Waals surface area contributed by atoms with Gasteiger partial charge in [0.1, 0.15) is 0 Å². The Balaban J connectivity index is 2.21. The van der Waals surface area contributed by atoms with Crippen LogP contribution in [-0.2, 0) is 11.2 Å². The molecule has 0 bridgehead atoms. The lowest BCUT2D eigenvalue weighted by molar-refractivity contribution is -0.119. The first-order valence-electron chi connectivity index (χ1n) is 5.03. The van der Waals surface area contributed by atoms with Gasteiger partial charge in [-0.3, -0.25) is 4.79 Å². The summed E-state index contributed by atoms with van der Waals surface area (Å²) in [5.41, 5.74) is 2.75. The lowest BCUT2D eigenvalue weighted by atomic mass is 10.0. The average molecular weight is 189 g/mol.